The minimum atomic E-state index is -3.62. The van der Waals surface area contributed by atoms with Gasteiger partial charge in [-0.05, 0) is 45.4 Å². The van der Waals surface area contributed by atoms with Gasteiger partial charge in [-0.3, -0.25) is 4.90 Å². The number of methoxy groups -OCH3 is 1. The summed E-state index contributed by atoms with van der Waals surface area (Å²) < 4.78 is 33.0. The van der Waals surface area contributed by atoms with Crippen LogP contribution in [0.3, 0.4) is 0 Å². The summed E-state index contributed by atoms with van der Waals surface area (Å²) >= 11 is 0. The number of hydrogen-bond donors (Lipinski definition) is 1. The third-order valence-electron chi connectivity index (χ3n) is 4.17. The normalized spacial score (nSPS) is 21.0. The quantitative estimate of drug-likeness (QED) is 0.865. The predicted octanol–water partition coefficient (Wildman–Crippen LogP) is 1.47. The first-order valence-corrected chi connectivity index (χ1v) is 9.60. The van der Waals surface area contributed by atoms with Gasteiger partial charge in [-0.2, -0.15) is 4.31 Å². The van der Waals surface area contributed by atoms with Gasteiger partial charge in [0, 0.05) is 32.2 Å². The first-order valence-electron chi connectivity index (χ1n) is 8.16. The molecule has 0 aromatic heterocycles. The Morgan fingerprint density at radius 3 is 2.54 bits per heavy atom. The average Bonchev–Trinajstić information content (AvgIpc) is 2.45. The van der Waals surface area contributed by atoms with Crippen LogP contribution in [0.5, 0.6) is 5.75 Å². The van der Waals surface area contributed by atoms with E-state index in [1.54, 1.807) is 26.0 Å². The lowest BCUT2D eigenvalue weighted by molar-refractivity contribution is 0.0180. The van der Waals surface area contributed by atoms with Gasteiger partial charge in [0.25, 0.3) is 0 Å². The third kappa shape index (κ3) is 4.27. The summed E-state index contributed by atoms with van der Waals surface area (Å²) in [5.41, 5.74) is 0.0864. The van der Waals surface area contributed by atoms with Crippen LogP contribution in [0.2, 0.25) is 0 Å². The molecule has 1 aliphatic heterocycles. The molecule has 1 saturated heterocycles. The summed E-state index contributed by atoms with van der Waals surface area (Å²) in [5.74, 6) is 0.367. The number of piperazine rings is 1. The van der Waals surface area contributed by atoms with E-state index in [1.165, 1.54) is 11.4 Å². The molecular formula is C17H28N2O4S. The van der Waals surface area contributed by atoms with Crippen LogP contribution in [0.25, 0.3) is 0 Å². The van der Waals surface area contributed by atoms with Crippen molar-refractivity contribution >= 4 is 10.0 Å². The summed E-state index contributed by atoms with van der Waals surface area (Å²) in [4.78, 5) is 2.32. The molecule has 0 bridgehead atoms. The Morgan fingerprint density at radius 2 is 2.00 bits per heavy atom. The number of aliphatic hydroxyl groups is 1. The van der Waals surface area contributed by atoms with Gasteiger partial charge >= 0.3 is 0 Å². The van der Waals surface area contributed by atoms with Gasteiger partial charge in [-0.25, -0.2) is 8.42 Å². The zero-order valence-corrected chi connectivity index (χ0v) is 15.9. The highest BCUT2D eigenvalue weighted by Crippen LogP contribution is 2.30. The number of nitrogens with zero attached hydrogens (tertiary/aromatic N) is 2. The molecule has 1 N–H and O–H groups in total. The van der Waals surface area contributed by atoms with Crippen LogP contribution < -0.4 is 4.74 Å². The van der Waals surface area contributed by atoms with Crippen molar-refractivity contribution in [3.8, 4) is 5.75 Å². The fourth-order valence-electron chi connectivity index (χ4n) is 3.18. The molecule has 1 aromatic carbocycles. The molecule has 0 aliphatic carbocycles. The van der Waals surface area contributed by atoms with Crippen molar-refractivity contribution in [2.24, 2.45) is 0 Å². The topological polar surface area (TPSA) is 70.1 Å². The van der Waals surface area contributed by atoms with Crippen molar-refractivity contribution in [2.75, 3.05) is 33.3 Å². The fourth-order valence-corrected chi connectivity index (χ4v) is 5.03. The summed E-state index contributed by atoms with van der Waals surface area (Å²) in [6.45, 7) is 9.41. The Balaban J connectivity index is 2.24. The summed E-state index contributed by atoms with van der Waals surface area (Å²) in [5, 5.41) is 9.97. The number of hydrogen-bond acceptors (Lipinski definition) is 5. The number of rotatable bonds is 5. The maximum absolute atomic E-state index is 13.1. The van der Waals surface area contributed by atoms with Crippen LogP contribution in [0, 0.1) is 6.92 Å². The summed E-state index contributed by atoms with van der Waals surface area (Å²) in [6.07, 6.45) is 0. The monoisotopic (exact) mass is 356 g/mol. The van der Waals surface area contributed by atoms with E-state index < -0.39 is 15.6 Å². The molecule has 1 atom stereocenters. The maximum Gasteiger partial charge on any atom is 0.247 e. The lowest BCUT2D eigenvalue weighted by atomic mass is 10.1. The number of benzene rings is 1. The number of β-amino-alcohol motifs (C(OH)–C–C–N with tert-alkyl or cyclic N) is 1. The van der Waals surface area contributed by atoms with Crippen LogP contribution in [-0.2, 0) is 10.0 Å². The van der Waals surface area contributed by atoms with Crippen molar-refractivity contribution in [3.63, 3.8) is 0 Å². The molecule has 24 heavy (non-hydrogen) atoms. The Morgan fingerprint density at radius 1 is 1.33 bits per heavy atom. The molecular weight excluding hydrogens is 328 g/mol. The van der Waals surface area contributed by atoms with Crippen molar-refractivity contribution in [3.05, 3.63) is 23.8 Å². The van der Waals surface area contributed by atoms with E-state index in [0.717, 1.165) is 5.56 Å². The molecule has 6 nitrogen and oxygen atoms in total. The molecule has 1 aliphatic rings. The van der Waals surface area contributed by atoms with Crippen LogP contribution >= 0.6 is 0 Å². The van der Waals surface area contributed by atoms with Gasteiger partial charge in [-0.15, -0.1) is 0 Å². The molecule has 1 heterocycles. The molecule has 1 fully saturated rings. The van der Waals surface area contributed by atoms with E-state index in [2.05, 4.69) is 4.90 Å². The number of aryl methyl sites for hydroxylation is 1. The first kappa shape index (κ1) is 19.2. The molecule has 136 valence electrons. The van der Waals surface area contributed by atoms with Crippen LogP contribution in [0.4, 0.5) is 0 Å². The van der Waals surface area contributed by atoms with Crippen molar-refractivity contribution in [1.29, 1.82) is 0 Å². The second kappa shape index (κ2) is 7.00. The van der Waals surface area contributed by atoms with Gasteiger partial charge < -0.3 is 9.84 Å². The number of ether oxygens (including phenoxy) is 1. The molecule has 2 rings (SSSR count). The molecule has 0 saturated carbocycles. The van der Waals surface area contributed by atoms with Crippen molar-refractivity contribution in [2.45, 2.75) is 44.2 Å². The molecule has 1 unspecified atom stereocenters. The minimum absolute atomic E-state index is 0.170. The highest BCUT2D eigenvalue weighted by Gasteiger charge is 2.36. The second-order valence-corrected chi connectivity index (χ2v) is 9.03. The van der Waals surface area contributed by atoms with Gasteiger partial charge in [-0.1, -0.05) is 6.07 Å². The molecule has 0 radical (unpaired) electrons. The zero-order valence-electron chi connectivity index (χ0n) is 15.1. The van der Waals surface area contributed by atoms with E-state index in [1.807, 2.05) is 19.9 Å². The van der Waals surface area contributed by atoms with Crippen molar-refractivity contribution < 1.29 is 18.3 Å². The van der Waals surface area contributed by atoms with Gasteiger partial charge in [0.05, 0.1) is 12.7 Å². The third-order valence-corrected chi connectivity index (χ3v) is 6.20. The smallest absolute Gasteiger partial charge is 0.247 e. The second-order valence-electron chi connectivity index (χ2n) is 7.17. The standard InChI is InChI=1S/C17H28N2O4S/c1-13-6-7-15(23-5)16(10-13)24(21,22)19-9-8-18(11-14(19)2)12-17(3,4)20/h6-7,10,14,20H,8-9,11-12H2,1-5H3. The zero-order chi connectivity index (χ0) is 18.1. The minimum Gasteiger partial charge on any atom is -0.495 e. The lowest BCUT2D eigenvalue weighted by Crippen LogP contribution is -2.56. The molecule has 0 spiro atoms. The Bertz CT molecular complexity index is 682. The first-order chi connectivity index (χ1) is 11.0. The van der Waals surface area contributed by atoms with Gasteiger partial charge in [0.2, 0.25) is 10.0 Å². The van der Waals surface area contributed by atoms with E-state index in [4.69, 9.17) is 4.74 Å². The fraction of sp³-hybridized carbons (Fsp3) is 0.647. The Kier molecular flexibility index (Phi) is 5.59. The van der Waals surface area contributed by atoms with Gasteiger partial charge in [0.1, 0.15) is 10.6 Å². The number of sulfonamides is 1. The van der Waals surface area contributed by atoms with Crippen molar-refractivity contribution in [1.82, 2.24) is 9.21 Å². The van der Waals surface area contributed by atoms with E-state index in [0.29, 0.717) is 31.9 Å². The molecule has 7 heteroatoms. The van der Waals surface area contributed by atoms with E-state index in [-0.39, 0.29) is 10.9 Å². The molecule has 1 aromatic rings. The maximum atomic E-state index is 13.1. The van der Waals surface area contributed by atoms with E-state index in [9.17, 15) is 13.5 Å². The van der Waals surface area contributed by atoms with Gasteiger partial charge in [0.15, 0.2) is 0 Å². The van der Waals surface area contributed by atoms with E-state index >= 15 is 0 Å². The Labute approximate surface area is 145 Å². The van der Waals surface area contributed by atoms with Crippen LogP contribution in [-0.4, -0.2) is 67.7 Å². The van der Waals surface area contributed by atoms with Crippen LogP contribution in [0.1, 0.15) is 26.3 Å². The average molecular weight is 356 g/mol. The Hall–Kier alpha value is -1.15. The largest absolute Gasteiger partial charge is 0.495 e. The van der Waals surface area contributed by atoms with Crippen LogP contribution in [0.15, 0.2) is 23.1 Å². The highest BCUT2D eigenvalue weighted by molar-refractivity contribution is 7.89. The SMILES string of the molecule is COc1ccc(C)cc1S(=O)(=O)N1CCN(CC(C)(C)O)CC1C. The highest BCUT2D eigenvalue weighted by atomic mass is 32.2. The molecule has 0 amide bonds. The summed E-state index contributed by atoms with van der Waals surface area (Å²) in [6, 6.07) is 5.01. The lowest BCUT2D eigenvalue weighted by Gasteiger charge is -2.40. The summed E-state index contributed by atoms with van der Waals surface area (Å²) in [7, 11) is -2.14. The predicted molar refractivity (Wildman–Crippen MR) is 93.8 cm³/mol.